The molecule has 18 heavy (non-hydrogen) atoms. The molecule has 0 amide bonds. The minimum atomic E-state index is -1.16. The quantitative estimate of drug-likeness (QED) is 0.824. The van der Waals surface area contributed by atoms with Crippen LogP contribution in [-0.2, 0) is 12.0 Å². The Bertz CT molecular complexity index is 411. The van der Waals surface area contributed by atoms with E-state index in [9.17, 15) is 9.90 Å². The third-order valence-corrected chi connectivity index (χ3v) is 3.18. The number of carboxylic acid groups (broad SMARTS) is 1. The van der Waals surface area contributed by atoms with Crippen molar-refractivity contribution in [2.24, 2.45) is 0 Å². The van der Waals surface area contributed by atoms with Crippen LogP contribution in [0.2, 0.25) is 0 Å². The van der Waals surface area contributed by atoms with Crippen LogP contribution in [0.25, 0.3) is 0 Å². The Morgan fingerprint density at radius 2 is 1.89 bits per heavy atom. The van der Waals surface area contributed by atoms with Crippen LogP contribution in [0.3, 0.4) is 0 Å². The molecule has 0 saturated carbocycles. The summed E-state index contributed by atoms with van der Waals surface area (Å²) in [5.74, 6) is 0.0673. The zero-order valence-corrected chi connectivity index (χ0v) is 11.9. The molecule has 1 rings (SSSR count). The van der Waals surface area contributed by atoms with Gasteiger partial charge in [0.2, 0.25) is 0 Å². The van der Waals surface area contributed by atoms with Crippen molar-refractivity contribution >= 4 is 5.97 Å². The highest BCUT2D eigenvalue weighted by molar-refractivity contribution is 5.87. The van der Waals surface area contributed by atoms with Gasteiger partial charge in [-0.25, -0.2) is 0 Å². The fourth-order valence-electron chi connectivity index (χ4n) is 1.83. The van der Waals surface area contributed by atoms with E-state index in [2.05, 4.69) is 13.8 Å². The fourth-order valence-corrected chi connectivity index (χ4v) is 1.83. The lowest BCUT2D eigenvalue weighted by molar-refractivity contribution is -0.911. The highest BCUT2D eigenvalue weighted by Crippen LogP contribution is 2.26. The first kappa shape index (κ1) is 14.8. The van der Waals surface area contributed by atoms with Crippen LogP contribution in [0.15, 0.2) is 10.5 Å². The van der Waals surface area contributed by atoms with Crippen molar-refractivity contribution in [1.29, 1.82) is 0 Å². The number of aromatic carboxylic acids is 1. The number of carbonyl (C=O) groups excluding carboxylic acids is 1. The Balaban J connectivity index is 3.09. The van der Waals surface area contributed by atoms with E-state index in [-0.39, 0.29) is 11.0 Å². The van der Waals surface area contributed by atoms with Gasteiger partial charge in [-0.3, -0.25) is 0 Å². The minimum absolute atomic E-state index is 0.193. The number of furan rings is 1. The molecule has 1 aromatic rings. The van der Waals surface area contributed by atoms with Gasteiger partial charge in [0.05, 0.1) is 19.1 Å². The van der Waals surface area contributed by atoms with Gasteiger partial charge in [-0.15, -0.1) is 0 Å². The summed E-state index contributed by atoms with van der Waals surface area (Å²) < 4.78 is 5.73. The number of quaternary nitrogens is 1. The van der Waals surface area contributed by atoms with Crippen LogP contribution in [0, 0.1) is 0 Å². The number of nitrogens with one attached hydrogen (secondary N) is 1. The second-order valence-corrected chi connectivity index (χ2v) is 5.62. The predicted octanol–water partition coefficient (Wildman–Crippen LogP) is 0.365. The lowest BCUT2D eigenvalue weighted by Crippen LogP contribution is -3.10. The zero-order valence-electron chi connectivity index (χ0n) is 11.9. The molecule has 1 heterocycles. The Labute approximate surface area is 109 Å². The molecule has 0 aliphatic carbocycles. The van der Waals surface area contributed by atoms with Crippen molar-refractivity contribution in [2.75, 3.05) is 13.1 Å². The summed E-state index contributed by atoms with van der Waals surface area (Å²) in [6, 6.07) is 1.60. The molecule has 0 radical (unpaired) electrons. The van der Waals surface area contributed by atoms with E-state index in [1.807, 2.05) is 20.8 Å². The van der Waals surface area contributed by atoms with Gasteiger partial charge in [-0.2, -0.15) is 0 Å². The Morgan fingerprint density at radius 1 is 1.33 bits per heavy atom. The first-order chi connectivity index (χ1) is 8.29. The van der Waals surface area contributed by atoms with E-state index in [4.69, 9.17) is 4.42 Å². The molecule has 4 nitrogen and oxygen atoms in total. The Hall–Kier alpha value is -1.29. The molecule has 1 aromatic heterocycles. The van der Waals surface area contributed by atoms with Crippen LogP contribution in [0.5, 0.6) is 0 Å². The average Bonchev–Trinajstić information content (AvgIpc) is 2.69. The molecule has 4 heteroatoms. The molecule has 0 fully saturated rings. The summed E-state index contributed by atoms with van der Waals surface area (Å²) in [6.07, 6.45) is 0. The molecule has 1 N–H and O–H groups in total. The van der Waals surface area contributed by atoms with Crippen LogP contribution in [-0.4, -0.2) is 19.1 Å². The van der Waals surface area contributed by atoms with Gasteiger partial charge < -0.3 is 19.2 Å². The van der Waals surface area contributed by atoms with Gasteiger partial charge >= 0.3 is 0 Å². The second-order valence-electron chi connectivity index (χ2n) is 5.62. The number of rotatable bonds is 5. The molecule has 0 atom stereocenters. The van der Waals surface area contributed by atoms with E-state index in [1.54, 1.807) is 6.07 Å². The lowest BCUT2D eigenvalue weighted by atomic mass is 9.93. The SMILES string of the molecule is CC[NH+](CC)Cc1oc(C(C)(C)C)cc1C(=O)[O-]. The number of hydrogen-bond acceptors (Lipinski definition) is 3. The van der Waals surface area contributed by atoms with Crippen molar-refractivity contribution in [2.45, 2.75) is 46.6 Å². The molecular formula is C14H23NO3. The summed E-state index contributed by atoms with van der Waals surface area (Å²) >= 11 is 0. The molecule has 0 unspecified atom stereocenters. The monoisotopic (exact) mass is 253 g/mol. The summed E-state index contributed by atoms with van der Waals surface area (Å²) in [5, 5.41) is 11.1. The molecule has 0 aliphatic heterocycles. The largest absolute Gasteiger partial charge is 0.545 e. The van der Waals surface area contributed by atoms with E-state index in [1.165, 1.54) is 4.90 Å². The molecule has 0 aromatic carbocycles. The van der Waals surface area contributed by atoms with Crippen LogP contribution < -0.4 is 10.0 Å². The van der Waals surface area contributed by atoms with Gasteiger partial charge in [0.25, 0.3) is 0 Å². The van der Waals surface area contributed by atoms with E-state index in [0.29, 0.717) is 18.1 Å². The summed E-state index contributed by atoms with van der Waals surface area (Å²) in [4.78, 5) is 12.4. The third kappa shape index (κ3) is 3.35. The third-order valence-electron chi connectivity index (χ3n) is 3.18. The van der Waals surface area contributed by atoms with E-state index < -0.39 is 5.97 Å². The maximum absolute atomic E-state index is 11.1. The van der Waals surface area contributed by atoms with Gasteiger partial charge in [-0.05, 0) is 19.9 Å². The lowest BCUT2D eigenvalue weighted by Gasteiger charge is -2.16. The van der Waals surface area contributed by atoms with Crippen LogP contribution in [0.1, 0.15) is 56.5 Å². The van der Waals surface area contributed by atoms with Crippen molar-refractivity contribution in [3.8, 4) is 0 Å². The maximum atomic E-state index is 11.1. The highest BCUT2D eigenvalue weighted by atomic mass is 16.4. The first-order valence-corrected chi connectivity index (χ1v) is 6.47. The number of carbonyl (C=O) groups is 1. The summed E-state index contributed by atoms with van der Waals surface area (Å²) in [6.45, 7) is 12.6. The Morgan fingerprint density at radius 3 is 2.28 bits per heavy atom. The molecule has 0 bridgehead atoms. The zero-order chi connectivity index (χ0) is 13.9. The van der Waals surface area contributed by atoms with Crippen molar-refractivity contribution in [1.82, 2.24) is 0 Å². The average molecular weight is 253 g/mol. The molecule has 0 aliphatic rings. The van der Waals surface area contributed by atoms with Crippen molar-refractivity contribution in [3.05, 3.63) is 23.2 Å². The highest BCUT2D eigenvalue weighted by Gasteiger charge is 2.23. The standard InChI is InChI=1S/C14H23NO3/c1-6-15(7-2)9-11-10(13(16)17)8-12(18-11)14(3,4)5/h8H,6-7,9H2,1-5H3,(H,16,17). The number of carboxylic acids is 1. The number of hydrogen-bond donors (Lipinski definition) is 1. The second kappa shape index (κ2) is 5.57. The summed E-state index contributed by atoms with van der Waals surface area (Å²) in [5.41, 5.74) is 0.000409. The smallest absolute Gasteiger partial charge is 0.167 e. The maximum Gasteiger partial charge on any atom is 0.167 e. The van der Waals surface area contributed by atoms with Crippen LogP contribution in [0.4, 0.5) is 0 Å². The molecule has 102 valence electrons. The van der Waals surface area contributed by atoms with Gasteiger partial charge in [-0.1, -0.05) is 20.8 Å². The van der Waals surface area contributed by atoms with Crippen molar-refractivity contribution < 1.29 is 19.2 Å². The van der Waals surface area contributed by atoms with Crippen molar-refractivity contribution in [3.63, 3.8) is 0 Å². The first-order valence-electron chi connectivity index (χ1n) is 6.47. The van der Waals surface area contributed by atoms with Gasteiger partial charge in [0, 0.05) is 11.0 Å². The topological polar surface area (TPSA) is 57.7 Å². The van der Waals surface area contributed by atoms with E-state index >= 15 is 0 Å². The molecular weight excluding hydrogens is 230 g/mol. The fraction of sp³-hybridized carbons (Fsp3) is 0.643. The van der Waals surface area contributed by atoms with Crippen LogP contribution >= 0.6 is 0 Å². The molecule has 0 saturated heterocycles. The van der Waals surface area contributed by atoms with Gasteiger partial charge in [0.1, 0.15) is 12.3 Å². The molecule has 0 spiro atoms. The predicted molar refractivity (Wildman–Crippen MR) is 67.5 cm³/mol. The normalized spacial score (nSPS) is 12.1. The van der Waals surface area contributed by atoms with E-state index in [0.717, 1.165) is 13.1 Å². The van der Waals surface area contributed by atoms with Gasteiger partial charge in [0.15, 0.2) is 5.76 Å². The Kier molecular flexibility index (Phi) is 4.57. The summed E-state index contributed by atoms with van der Waals surface area (Å²) in [7, 11) is 0. The minimum Gasteiger partial charge on any atom is -0.545 e.